The summed E-state index contributed by atoms with van der Waals surface area (Å²) in [4.78, 5) is 16.4. The van der Waals surface area contributed by atoms with E-state index in [2.05, 4.69) is 15.4 Å². The summed E-state index contributed by atoms with van der Waals surface area (Å²) in [7, 11) is 0. The highest BCUT2D eigenvalue weighted by Crippen LogP contribution is 2.20. The van der Waals surface area contributed by atoms with Crippen molar-refractivity contribution in [2.75, 3.05) is 13.2 Å². The van der Waals surface area contributed by atoms with E-state index >= 15 is 0 Å². The standard InChI is InChI=1S/C13H16N4O2/c1-3-19-13(18)11-8(2)16-17-10-4-5-14-6-9(10)7-15-12(11)17/h7,14H,3-6H2,1-2H3. The summed E-state index contributed by atoms with van der Waals surface area (Å²) in [5.41, 5.74) is 4.00. The second-order valence-electron chi connectivity index (χ2n) is 4.57. The number of hydrogen-bond donors (Lipinski definition) is 1. The fourth-order valence-corrected chi connectivity index (χ4v) is 2.46. The molecule has 2 aromatic rings. The maximum Gasteiger partial charge on any atom is 0.343 e. The van der Waals surface area contributed by atoms with Gasteiger partial charge in [-0.25, -0.2) is 14.3 Å². The Morgan fingerprint density at radius 3 is 3.21 bits per heavy atom. The second kappa shape index (κ2) is 4.62. The van der Waals surface area contributed by atoms with Crippen LogP contribution in [0.1, 0.15) is 34.2 Å². The quantitative estimate of drug-likeness (QED) is 0.811. The van der Waals surface area contributed by atoms with Crippen molar-refractivity contribution >= 4 is 11.6 Å². The molecule has 0 saturated carbocycles. The van der Waals surface area contributed by atoms with E-state index in [0.29, 0.717) is 23.5 Å². The lowest BCUT2D eigenvalue weighted by atomic mass is 10.1. The highest BCUT2D eigenvalue weighted by atomic mass is 16.5. The van der Waals surface area contributed by atoms with Crippen molar-refractivity contribution in [1.29, 1.82) is 0 Å². The fourth-order valence-electron chi connectivity index (χ4n) is 2.46. The number of nitrogens with zero attached hydrogens (tertiary/aromatic N) is 3. The van der Waals surface area contributed by atoms with E-state index < -0.39 is 0 Å². The molecule has 0 radical (unpaired) electrons. The van der Waals surface area contributed by atoms with Gasteiger partial charge in [-0.05, 0) is 13.8 Å². The zero-order valence-electron chi connectivity index (χ0n) is 11.1. The van der Waals surface area contributed by atoms with Crippen molar-refractivity contribution in [1.82, 2.24) is 19.9 Å². The molecular weight excluding hydrogens is 244 g/mol. The molecule has 0 bridgehead atoms. The molecule has 0 spiro atoms. The Bertz CT molecular complexity index is 648. The van der Waals surface area contributed by atoms with E-state index in [-0.39, 0.29) is 5.97 Å². The number of esters is 1. The smallest absolute Gasteiger partial charge is 0.343 e. The lowest BCUT2D eigenvalue weighted by Crippen LogP contribution is -2.26. The molecule has 0 fully saturated rings. The predicted octanol–water partition coefficient (Wildman–Crippen LogP) is 0.860. The molecule has 0 aliphatic carbocycles. The first-order valence-electron chi connectivity index (χ1n) is 6.46. The number of hydrogen-bond acceptors (Lipinski definition) is 5. The molecule has 6 heteroatoms. The average Bonchev–Trinajstić information content (AvgIpc) is 2.75. The van der Waals surface area contributed by atoms with E-state index in [9.17, 15) is 4.79 Å². The van der Waals surface area contributed by atoms with Crippen molar-refractivity contribution in [3.8, 4) is 0 Å². The van der Waals surface area contributed by atoms with E-state index in [4.69, 9.17) is 4.74 Å². The van der Waals surface area contributed by atoms with Gasteiger partial charge >= 0.3 is 5.97 Å². The van der Waals surface area contributed by atoms with Crippen LogP contribution >= 0.6 is 0 Å². The van der Waals surface area contributed by atoms with E-state index in [1.54, 1.807) is 11.4 Å². The minimum Gasteiger partial charge on any atom is -0.462 e. The molecule has 19 heavy (non-hydrogen) atoms. The number of aryl methyl sites for hydroxylation is 1. The molecule has 100 valence electrons. The number of fused-ring (bicyclic) bond motifs is 3. The topological polar surface area (TPSA) is 68.5 Å². The van der Waals surface area contributed by atoms with E-state index in [1.807, 2.05) is 13.1 Å². The lowest BCUT2D eigenvalue weighted by molar-refractivity contribution is 0.0527. The van der Waals surface area contributed by atoms with Crippen molar-refractivity contribution < 1.29 is 9.53 Å². The number of nitrogens with one attached hydrogen (secondary N) is 1. The van der Waals surface area contributed by atoms with Gasteiger partial charge in [-0.2, -0.15) is 5.10 Å². The van der Waals surface area contributed by atoms with Gasteiger partial charge in [-0.1, -0.05) is 0 Å². The Balaban J connectivity index is 2.20. The van der Waals surface area contributed by atoms with Crippen molar-refractivity contribution in [3.05, 3.63) is 28.7 Å². The minimum absolute atomic E-state index is 0.351. The maximum atomic E-state index is 12.0. The molecule has 1 N–H and O–H groups in total. The van der Waals surface area contributed by atoms with E-state index in [1.165, 1.54) is 0 Å². The number of carbonyl (C=O) groups excluding carboxylic acids is 1. The van der Waals surface area contributed by atoms with Crippen LogP contribution in [0.3, 0.4) is 0 Å². The van der Waals surface area contributed by atoms with Gasteiger partial charge in [0, 0.05) is 31.3 Å². The molecular formula is C13H16N4O2. The van der Waals surface area contributed by atoms with Gasteiger partial charge in [0.1, 0.15) is 5.56 Å². The Morgan fingerprint density at radius 1 is 1.58 bits per heavy atom. The largest absolute Gasteiger partial charge is 0.462 e. The summed E-state index contributed by atoms with van der Waals surface area (Å²) >= 11 is 0. The molecule has 0 saturated heterocycles. The Hall–Kier alpha value is -1.95. The summed E-state index contributed by atoms with van der Waals surface area (Å²) in [6.45, 7) is 5.67. The summed E-state index contributed by atoms with van der Waals surface area (Å²) in [6.07, 6.45) is 2.71. The molecule has 3 rings (SSSR count). The first-order chi connectivity index (χ1) is 9.22. The summed E-state index contributed by atoms with van der Waals surface area (Å²) in [5.74, 6) is -0.351. The van der Waals surface area contributed by atoms with Gasteiger partial charge in [0.15, 0.2) is 5.65 Å². The van der Waals surface area contributed by atoms with Gasteiger partial charge in [-0.15, -0.1) is 0 Å². The lowest BCUT2D eigenvalue weighted by Gasteiger charge is -2.17. The SMILES string of the molecule is CCOC(=O)c1c(C)nn2c3c(cnc12)CNCC3. The van der Waals surface area contributed by atoms with Crippen LogP contribution in [0.4, 0.5) is 0 Å². The van der Waals surface area contributed by atoms with Gasteiger partial charge in [-0.3, -0.25) is 0 Å². The van der Waals surface area contributed by atoms with Crippen LogP contribution in [-0.2, 0) is 17.7 Å². The van der Waals surface area contributed by atoms with Gasteiger partial charge in [0.05, 0.1) is 18.0 Å². The molecule has 0 aromatic carbocycles. The monoisotopic (exact) mass is 260 g/mol. The number of ether oxygens (including phenoxy) is 1. The zero-order valence-corrected chi connectivity index (χ0v) is 11.1. The zero-order chi connectivity index (χ0) is 13.4. The van der Waals surface area contributed by atoms with Crippen LogP contribution in [-0.4, -0.2) is 33.7 Å². The fraction of sp³-hybridized carbons (Fsp3) is 0.462. The van der Waals surface area contributed by atoms with Crippen LogP contribution < -0.4 is 5.32 Å². The third-order valence-corrected chi connectivity index (χ3v) is 3.34. The third kappa shape index (κ3) is 1.88. The van der Waals surface area contributed by atoms with Crippen LogP contribution in [0.25, 0.3) is 5.65 Å². The number of carbonyl (C=O) groups is 1. The minimum atomic E-state index is -0.351. The number of aromatic nitrogens is 3. The normalized spacial score (nSPS) is 14.4. The molecule has 0 atom stereocenters. The number of rotatable bonds is 2. The van der Waals surface area contributed by atoms with Crippen LogP contribution in [0, 0.1) is 6.92 Å². The predicted molar refractivity (Wildman–Crippen MR) is 69.1 cm³/mol. The summed E-state index contributed by atoms with van der Waals surface area (Å²) in [5, 5.41) is 7.75. The van der Waals surface area contributed by atoms with Crippen LogP contribution in [0.15, 0.2) is 6.20 Å². The molecule has 0 unspecified atom stereocenters. The molecule has 0 amide bonds. The molecule has 2 aromatic heterocycles. The first-order valence-corrected chi connectivity index (χ1v) is 6.46. The molecule has 3 heterocycles. The van der Waals surface area contributed by atoms with Gasteiger partial charge in [0.2, 0.25) is 0 Å². The van der Waals surface area contributed by atoms with Crippen LogP contribution in [0.5, 0.6) is 0 Å². The van der Waals surface area contributed by atoms with Crippen molar-refractivity contribution in [3.63, 3.8) is 0 Å². The highest BCUT2D eigenvalue weighted by molar-refractivity contribution is 5.97. The summed E-state index contributed by atoms with van der Waals surface area (Å²) in [6, 6.07) is 0. The van der Waals surface area contributed by atoms with Gasteiger partial charge < -0.3 is 10.1 Å². The van der Waals surface area contributed by atoms with Gasteiger partial charge in [0.25, 0.3) is 0 Å². The molecule has 1 aliphatic rings. The summed E-state index contributed by atoms with van der Waals surface area (Å²) < 4.78 is 6.86. The second-order valence-corrected chi connectivity index (χ2v) is 4.57. The average molecular weight is 260 g/mol. The molecule has 1 aliphatic heterocycles. The Labute approximate surface area is 110 Å². The molecule has 6 nitrogen and oxygen atoms in total. The maximum absolute atomic E-state index is 12.0. The Kier molecular flexibility index (Phi) is 2.94. The van der Waals surface area contributed by atoms with Crippen LogP contribution in [0.2, 0.25) is 0 Å². The van der Waals surface area contributed by atoms with Crippen molar-refractivity contribution in [2.24, 2.45) is 0 Å². The third-order valence-electron chi connectivity index (χ3n) is 3.34. The van der Waals surface area contributed by atoms with Crippen molar-refractivity contribution in [2.45, 2.75) is 26.8 Å². The highest BCUT2D eigenvalue weighted by Gasteiger charge is 2.23. The first kappa shape index (κ1) is 12.1. The van der Waals surface area contributed by atoms with E-state index in [0.717, 1.165) is 30.8 Å². The Morgan fingerprint density at radius 2 is 2.42 bits per heavy atom.